The molecule has 20 heavy (non-hydrogen) atoms. The van der Waals surface area contributed by atoms with Crippen LogP contribution in [0.25, 0.3) is 0 Å². The van der Waals surface area contributed by atoms with E-state index in [1.54, 1.807) is 0 Å². The number of benzene rings is 1. The van der Waals surface area contributed by atoms with Crippen molar-refractivity contribution in [1.82, 2.24) is 0 Å². The van der Waals surface area contributed by atoms with Crippen molar-refractivity contribution in [3.05, 3.63) is 46.3 Å². The van der Waals surface area contributed by atoms with Gasteiger partial charge in [0.2, 0.25) is 0 Å². The lowest BCUT2D eigenvalue weighted by atomic mass is 10.1. The summed E-state index contributed by atoms with van der Waals surface area (Å²) < 4.78 is 0. The Balaban J connectivity index is 2.01. The first-order chi connectivity index (χ1) is 9.63. The van der Waals surface area contributed by atoms with Crippen LogP contribution in [0.1, 0.15) is 41.1 Å². The molecule has 1 aromatic heterocycles. The van der Waals surface area contributed by atoms with E-state index in [0.717, 1.165) is 18.0 Å². The molecule has 3 N–H and O–H groups in total. The minimum Gasteiger partial charge on any atom is -0.397 e. The van der Waals surface area contributed by atoms with E-state index in [4.69, 9.17) is 5.73 Å². The van der Waals surface area contributed by atoms with Crippen molar-refractivity contribution in [2.24, 2.45) is 0 Å². The van der Waals surface area contributed by atoms with E-state index in [1.807, 2.05) is 13.0 Å². The summed E-state index contributed by atoms with van der Waals surface area (Å²) in [4.78, 5) is 12.4. The summed E-state index contributed by atoms with van der Waals surface area (Å²) in [5.74, 6) is 0.104. The van der Waals surface area contributed by atoms with E-state index >= 15 is 0 Å². The Morgan fingerprint density at radius 3 is 2.45 bits per heavy atom. The Morgan fingerprint density at radius 2 is 1.85 bits per heavy atom. The number of anilines is 2. The van der Waals surface area contributed by atoms with Gasteiger partial charge in [0.05, 0.1) is 15.6 Å². The predicted octanol–water partition coefficient (Wildman–Crippen LogP) is 4.10. The molecule has 4 heteroatoms. The number of hydrogen-bond donors (Lipinski definition) is 2. The van der Waals surface area contributed by atoms with Gasteiger partial charge in [-0.05, 0) is 23.6 Å². The Hall–Kier alpha value is -1.81. The van der Waals surface area contributed by atoms with Gasteiger partial charge in [-0.25, -0.2) is 0 Å². The average molecular weight is 288 g/mol. The zero-order chi connectivity index (χ0) is 14.5. The van der Waals surface area contributed by atoms with E-state index in [1.165, 1.54) is 22.5 Å². The average Bonchev–Trinajstić information content (AvgIpc) is 2.86. The molecule has 0 bridgehead atoms. The van der Waals surface area contributed by atoms with Gasteiger partial charge < -0.3 is 11.1 Å². The van der Waals surface area contributed by atoms with Crippen LogP contribution < -0.4 is 11.1 Å². The Labute approximate surface area is 123 Å². The summed E-state index contributed by atoms with van der Waals surface area (Å²) in [7, 11) is 0. The summed E-state index contributed by atoms with van der Waals surface area (Å²) >= 11 is 1.43. The van der Waals surface area contributed by atoms with Crippen molar-refractivity contribution in [3.8, 4) is 0 Å². The number of nitrogen functional groups attached to an aromatic ring is 1. The number of nitrogens with two attached hydrogens (primary N) is 1. The first-order valence-corrected chi connectivity index (χ1v) is 7.69. The zero-order valence-electron chi connectivity index (χ0n) is 11.9. The van der Waals surface area contributed by atoms with Crippen molar-refractivity contribution in [3.63, 3.8) is 0 Å². The van der Waals surface area contributed by atoms with Crippen molar-refractivity contribution in [2.75, 3.05) is 11.1 Å². The first-order valence-electron chi connectivity index (χ1n) is 6.88. The van der Waals surface area contributed by atoms with Crippen LogP contribution in [0.4, 0.5) is 10.7 Å². The molecule has 0 aliphatic rings. The Bertz CT molecular complexity index is 587. The van der Waals surface area contributed by atoms with E-state index in [-0.39, 0.29) is 5.78 Å². The van der Waals surface area contributed by atoms with E-state index < -0.39 is 0 Å². The normalized spacial score (nSPS) is 10.5. The SMILES string of the molecule is CCC(=O)c1sc(NCc2ccc(CC)cc2)cc1N. The van der Waals surface area contributed by atoms with Gasteiger partial charge >= 0.3 is 0 Å². The molecule has 0 radical (unpaired) electrons. The third-order valence-corrected chi connectivity index (χ3v) is 4.38. The maximum absolute atomic E-state index is 11.7. The molecule has 0 saturated carbocycles. The molecule has 0 atom stereocenters. The maximum atomic E-state index is 11.7. The van der Waals surface area contributed by atoms with E-state index in [2.05, 4.69) is 36.5 Å². The van der Waals surface area contributed by atoms with Gasteiger partial charge in [-0.3, -0.25) is 4.79 Å². The molecule has 0 amide bonds. The van der Waals surface area contributed by atoms with Gasteiger partial charge in [-0.15, -0.1) is 11.3 Å². The van der Waals surface area contributed by atoms with Gasteiger partial charge in [-0.2, -0.15) is 0 Å². The number of aryl methyl sites for hydroxylation is 1. The lowest BCUT2D eigenvalue weighted by Crippen LogP contribution is -1.97. The van der Waals surface area contributed by atoms with Crippen LogP contribution in [0.5, 0.6) is 0 Å². The van der Waals surface area contributed by atoms with Crippen molar-refractivity contribution in [1.29, 1.82) is 0 Å². The van der Waals surface area contributed by atoms with Crippen molar-refractivity contribution < 1.29 is 4.79 Å². The summed E-state index contributed by atoms with van der Waals surface area (Å²) in [6.45, 7) is 4.74. The predicted molar refractivity (Wildman–Crippen MR) is 86.5 cm³/mol. The van der Waals surface area contributed by atoms with Crippen LogP contribution in [0.3, 0.4) is 0 Å². The van der Waals surface area contributed by atoms with Crippen LogP contribution in [0, 0.1) is 0 Å². The van der Waals surface area contributed by atoms with Crippen LogP contribution in [0.2, 0.25) is 0 Å². The highest BCUT2D eigenvalue weighted by Gasteiger charge is 2.12. The number of Topliss-reactive ketones (excluding diaryl/α,β-unsaturated/α-hetero) is 1. The minimum atomic E-state index is 0.104. The Kier molecular flexibility index (Phi) is 4.79. The molecule has 0 saturated heterocycles. The van der Waals surface area contributed by atoms with Crippen molar-refractivity contribution >= 4 is 27.8 Å². The maximum Gasteiger partial charge on any atom is 0.174 e. The van der Waals surface area contributed by atoms with Gasteiger partial charge in [0.15, 0.2) is 5.78 Å². The molecule has 0 aliphatic heterocycles. The number of ketones is 1. The number of nitrogens with one attached hydrogen (secondary N) is 1. The largest absolute Gasteiger partial charge is 0.397 e. The summed E-state index contributed by atoms with van der Waals surface area (Å²) in [6.07, 6.45) is 1.54. The summed E-state index contributed by atoms with van der Waals surface area (Å²) in [5.41, 5.74) is 9.01. The number of carbonyl (C=O) groups is 1. The molecule has 106 valence electrons. The van der Waals surface area contributed by atoms with Gasteiger partial charge in [0.1, 0.15) is 0 Å². The van der Waals surface area contributed by atoms with Crippen LogP contribution in [0.15, 0.2) is 30.3 Å². The van der Waals surface area contributed by atoms with Gasteiger partial charge in [-0.1, -0.05) is 38.1 Å². The molecular formula is C16H20N2OS. The fourth-order valence-corrected chi connectivity index (χ4v) is 2.94. The second-order valence-electron chi connectivity index (χ2n) is 4.70. The second-order valence-corrected chi connectivity index (χ2v) is 5.75. The second kappa shape index (κ2) is 6.57. The molecule has 1 heterocycles. The third kappa shape index (κ3) is 3.39. The monoisotopic (exact) mass is 288 g/mol. The molecule has 0 unspecified atom stereocenters. The van der Waals surface area contributed by atoms with E-state index in [0.29, 0.717) is 17.0 Å². The zero-order valence-corrected chi connectivity index (χ0v) is 12.7. The fourth-order valence-electron chi connectivity index (χ4n) is 1.95. The van der Waals surface area contributed by atoms with Gasteiger partial charge in [0, 0.05) is 13.0 Å². The van der Waals surface area contributed by atoms with Crippen LogP contribution in [-0.4, -0.2) is 5.78 Å². The molecule has 3 nitrogen and oxygen atoms in total. The number of thiophene rings is 1. The van der Waals surface area contributed by atoms with Crippen molar-refractivity contribution in [2.45, 2.75) is 33.2 Å². The lowest BCUT2D eigenvalue weighted by Gasteiger charge is -2.04. The molecular weight excluding hydrogens is 268 g/mol. The lowest BCUT2D eigenvalue weighted by molar-refractivity contribution is 0.0993. The highest BCUT2D eigenvalue weighted by atomic mass is 32.1. The minimum absolute atomic E-state index is 0.104. The van der Waals surface area contributed by atoms with Crippen LogP contribution in [-0.2, 0) is 13.0 Å². The molecule has 0 aliphatic carbocycles. The number of carbonyl (C=O) groups excluding carboxylic acids is 1. The summed E-state index contributed by atoms with van der Waals surface area (Å²) in [5, 5.41) is 4.27. The smallest absolute Gasteiger partial charge is 0.174 e. The molecule has 0 spiro atoms. The number of rotatable bonds is 6. The topological polar surface area (TPSA) is 55.1 Å². The first kappa shape index (κ1) is 14.6. The molecule has 2 aromatic rings. The summed E-state index contributed by atoms with van der Waals surface area (Å²) in [6, 6.07) is 10.4. The van der Waals surface area contributed by atoms with Crippen LogP contribution >= 0.6 is 11.3 Å². The highest BCUT2D eigenvalue weighted by molar-refractivity contribution is 7.18. The van der Waals surface area contributed by atoms with E-state index in [9.17, 15) is 4.79 Å². The molecule has 2 rings (SSSR count). The quantitative estimate of drug-likeness (QED) is 0.787. The third-order valence-electron chi connectivity index (χ3n) is 3.23. The molecule has 1 aromatic carbocycles. The number of hydrogen-bond acceptors (Lipinski definition) is 4. The fraction of sp³-hybridized carbons (Fsp3) is 0.312. The standard InChI is InChI=1S/C16H20N2OS/c1-3-11-5-7-12(8-6-11)10-18-15-9-13(17)16(20-15)14(19)4-2/h5-9,18H,3-4,10,17H2,1-2H3. The highest BCUT2D eigenvalue weighted by Crippen LogP contribution is 2.30. The Morgan fingerprint density at radius 1 is 1.20 bits per heavy atom. The van der Waals surface area contributed by atoms with Gasteiger partial charge in [0.25, 0.3) is 0 Å². The molecule has 0 fully saturated rings.